The van der Waals surface area contributed by atoms with Gasteiger partial charge >= 0.3 is 0 Å². The maximum Gasteiger partial charge on any atom is 0.254 e. The van der Waals surface area contributed by atoms with E-state index in [9.17, 15) is 18.0 Å². The van der Waals surface area contributed by atoms with E-state index in [2.05, 4.69) is 11.9 Å². The Morgan fingerprint density at radius 3 is 2.62 bits per heavy atom. The first kappa shape index (κ1) is 22.8. The number of nitrogens with one attached hydrogen (secondary N) is 1. The van der Waals surface area contributed by atoms with Crippen molar-refractivity contribution in [3.05, 3.63) is 63.8 Å². The van der Waals surface area contributed by atoms with Gasteiger partial charge in [0.05, 0.1) is 30.2 Å². The number of aromatic nitrogens is 1. The number of fused-ring (bicyclic) bond motifs is 1. The summed E-state index contributed by atoms with van der Waals surface area (Å²) in [6.07, 6.45) is 1.11. The number of aromatic amines is 1. The second-order valence-corrected chi connectivity index (χ2v) is 11.0. The topological polar surface area (TPSA) is 113 Å². The molecule has 2 aliphatic rings. The number of furan rings is 1. The van der Waals surface area contributed by atoms with Gasteiger partial charge in [0.25, 0.3) is 5.91 Å². The molecular formula is C24H27N3O6S. The van der Waals surface area contributed by atoms with Crippen molar-refractivity contribution in [1.29, 1.82) is 0 Å². The number of H-pyrrole nitrogens is 1. The van der Waals surface area contributed by atoms with Crippen molar-refractivity contribution in [3.8, 4) is 0 Å². The Bertz CT molecular complexity index is 1400. The number of nitrogens with zero attached hydrogens (tertiary/aromatic N) is 2. The maximum atomic E-state index is 13.3. The van der Waals surface area contributed by atoms with Crippen molar-refractivity contribution in [2.24, 2.45) is 5.92 Å². The summed E-state index contributed by atoms with van der Waals surface area (Å²) in [5.41, 5.74) is 0.104. The Labute approximate surface area is 197 Å². The number of pyridine rings is 1. The molecule has 1 N–H and O–H groups in total. The third-order valence-corrected chi connectivity index (χ3v) is 8.44. The highest BCUT2D eigenvalue weighted by Crippen LogP contribution is 2.47. The largest absolute Gasteiger partial charge is 0.464 e. The normalized spacial score (nSPS) is 21.0. The predicted molar refractivity (Wildman–Crippen MR) is 125 cm³/mol. The monoisotopic (exact) mass is 485 g/mol. The smallest absolute Gasteiger partial charge is 0.254 e. The van der Waals surface area contributed by atoms with Crippen LogP contribution >= 0.6 is 0 Å². The fourth-order valence-corrected chi connectivity index (χ4v) is 5.85. The second-order valence-electron chi connectivity index (χ2n) is 9.06. The number of benzene rings is 1. The molecule has 1 saturated heterocycles. The maximum absolute atomic E-state index is 13.3. The molecule has 3 heterocycles. The standard InChI is InChI=1S/C24H27N3O6S/c1-15-11-18(15)22-6-3-16(33-22)14-26(2)24(29)20-13-23(28)25-21-5-4-17(12-19(20)21)34(30,31)27-7-9-32-10-8-27/h3-6,12-13,15,18H,7-11,14H2,1-2H3,(H,25,28). The summed E-state index contributed by atoms with van der Waals surface area (Å²) in [7, 11) is -2.13. The van der Waals surface area contributed by atoms with Gasteiger partial charge in [0, 0.05) is 43.0 Å². The first-order chi connectivity index (χ1) is 16.2. The highest BCUT2D eigenvalue weighted by Gasteiger charge is 2.36. The van der Waals surface area contributed by atoms with E-state index in [1.807, 2.05) is 12.1 Å². The lowest BCUT2D eigenvalue weighted by Gasteiger charge is -2.26. The van der Waals surface area contributed by atoms with E-state index < -0.39 is 21.5 Å². The zero-order valence-electron chi connectivity index (χ0n) is 19.1. The van der Waals surface area contributed by atoms with Crippen LogP contribution in [0.5, 0.6) is 0 Å². The minimum atomic E-state index is -3.76. The van der Waals surface area contributed by atoms with Crippen LogP contribution in [-0.4, -0.2) is 61.9 Å². The van der Waals surface area contributed by atoms with Gasteiger partial charge in [0.15, 0.2) is 0 Å². The number of morpholine rings is 1. The Morgan fingerprint density at radius 2 is 1.91 bits per heavy atom. The summed E-state index contributed by atoms with van der Waals surface area (Å²) >= 11 is 0. The Balaban J connectivity index is 1.45. The van der Waals surface area contributed by atoms with Gasteiger partial charge in [-0.25, -0.2) is 8.42 Å². The summed E-state index contributed by atoms with van der Waals surface area (Å²) < 4.78 is 38.8. The molecule has 2 fully saturated rings. The summed E-state index contributed by atoms with van der Waals surface area (Å²) in [5.74, 6) is 2.26. The molecule has 1 aromatic carbocycles. The molecule has 180 valence electrons. The predicted octanol–water partition coefficient (Wildman–Crippen LogP) is 2.54. The number of amides is 1. The minimum Gasteiger partial charge on any atom is -0.464 e. The van der Waals surface area contributed by atoms with Crippen LogP contribution in [0.2, 0.25) is 0 Å². The van der Waals surface area contributed by atoms with Crippen LogP contribution in [0.1, 0.15) is 41.1 Å². The zero-order chi connectivity index (χ0) is 24.0. The number of hydrogen-bond acceptors (Lipinski definition) is 6. The highest BCUT2D eigenvalue weighted by molar-refractivity contribution is 7.89. The minimum absolute atomic E-state index is 0.0693. The van der Waals surface area contributed by atoms with Crippen LogP contribution in [0, 0.1) is 5.92 Å². The Hall–Kier alpha value is -2.95. The van der Waals surface area contributed by atoms with Crippen molar-refractivity contribution in [2.45, 2.75) is 30.7 Å². The van der Waals surface area contributed by atoms with Gasteiger partial charge in [-0.2, -0.15) is 4.31 Å². The molecule has 2 aromatic heterocycles. The van der Waals surface area contributed by atoms with Gasteiger partial charge in [0.1, 0.15) is 11.5 Å². The van der Waals surface area contributed by atoms with Gasteiger partial charge < -0.3 is 19.0 Å². The average Bonchev–Trinajstić information content (AvgIpc) is 3.38. The fraction of sp³-hybridized carbons (Fsp3) is 0.417. The van der Waals surface area contributed by atoms with Crippen LogP contribution in [0.15, 0.2) is 50.5 Å². The fourth-order valence-electron chi connectivity index (χ4n) is 4.41. The van der Waals surface area contributed by atoms with E-state index in [0.29, 0.717) is 41.7 Å². The molecule has 1 saturated carbocycles. The average molecular weight is 486 g/mol. The summed E-state index contributed by atoms with van der Waals surface area (Å²) in [6.45, 7) is 3.62. The molecule has 3 aromatic rings. The van der Waals surface area contributed by atoms with Crippen LogP contribution < -0.4 is 5.56 Å². The van der Waals surface area contributed by atoms with E-state index in [4.69, 9.17) is 9.15 Å². The van der Waals surface area contributed by atoms with Crippen LogP contribution in [0.25, 0.3) is 10.9 Å². The molecule has 10 heteroatoms. The van der Waals surface area contributed by atoms with Crippen LogP contribution in [-0.2, 0) is 21.3 Å². The van der Waals surface area contributed by atoms with Crippen molar-refractivity contribution in [1.82, 2.24) is 14.2 Å². The number of rotatable bonds is 6. The lowest BCUT2D eigenvalue weighted by molar-refractivity contribution is 0.0730. The van der Waals surface area contributed by atoms with Gasteiger partial charge in [0.2, 0.25) is 15.6 Å². The van der Waals surface area contributed by atoms with E-state index in [0.717, 1.165) is 12.2 Å². The molecule has 1 aliphatic carbocycles. The number of ether oxygens (including phenoxy) is 1. The third-order valence-electron chi connectivity index (χ3n) is 6.55. The van der Waals surface area contributed by atoms with Gasteiger partial charge in [-0.15, -0.1) is 0 Å². The van der Waals surface area contributed by atoms with Gasteiger partial charge in [-0.05, 0) is 42.7 Å². The SMILES string of the molecule is CC1CC1c1ccc(CN(C)C(=O)c2cc(=O)[nH]c3ccc(S(=O)(=O)N4CCOCC4)cc23)o1. The van der Waals surface area contributed by atoms with E-state index in [1.54, 1.807) is 7.05 Å². The molecule has 2 unspecified atom stereocenters. The van der Waals surface area contributed by atoms with E-state index in [-0.39, 0.29) is 30.1 Å². The molecule has 2 atom stereocenters. The molecule has 1 aliphatic heterocycles. The molecule has 0 bridgehead atoms. The van der Waals surface area contributed by atoms with Crippen molar-refractivity contribution in [2.75, 3.05) is 33.4 Å². The number of carbonyl (C=O) groups is 1. The first-order valence-electron chi connectivity index (χ1n) is 11.3. The lowest BCUT2D eigenvalue weighted by atomic mass is 10.1. The van der Waals surface area contributed by atoms with Crippen molar-refractivity contribution >= 4 is 26.8 Å². The quantitative estimate of drug-likeness (QED) is 0.574. The Morgan fingerprint density at radius 1 is 1.18 bits per heavy atom. The highest BCUT2D eigenvalue weighted by atomic mass is 32.2. The molecule has 34 heavy (non-hydrogen) atoms. The van der Waals surface area contributed by atoms with Crippen molar-refractivity contribution in [3.63, 3.8) is 0 Å². The van der Waals surface area contributed by atoms with E-state index >= 15 is 0 Å². The number of carbonyl (C=O) groups excluding carboxylic acids is 1. The van der Waals surface area contributed by atoms with Crippen LogP contribution in [0.3, 0.4) is 0 Å². The lowest BCUT2D eigenvalue weighted by Crippen LogP contribution is -2.40. The van der Waals surface area contributed by atoms with Crippen LogP contribution in [0.4, 0.5) is 0 Å². The Kier molecular flexibility index (Phi) is 5.83. The molecule has 1 amide bonds. The number of sulfonamides is 1. The summed E-state index contributed by atoms with van der Waals surface area (Å²) in [4.78, 5) is 29.8. The summed E-state index contributed by atoms with van der Waals surface area (Å²) in [6, 6.07) is 9.46. The molecule has 0 radical (unpaired) electrons. The van der Waals surface area contributed by atoms with Crippen molar-refractivity contribution < 1.29 is 22.4 Å². The molecule has 5 rings (SSSR count). The van der Waals surface area contributed by atoms with Gasteiger partial charge in [-0.1, -0.05) is 6.92 Å². The third kappa shape index (κ3) is 4.28. The molecular weight excluding hydrogens is 458 g/mol. The zero-order valence-corrected chi connectivity index (χ0v) is 19.9. The first-order valence-corrected chi connectivity index (χ1v) is 12.8. The second kappa shape index (κ2) is 8.68. The van der Waals surface area contributed by atoms with Gasteiger partial charge in [-0.3, -0.25) is 9.59 Å². The molecule has 0 spiro atoms. The van der Waals surface area contributed by atoms with E-state index in [1.165, 1.54) is 33.5 Å². The number of hydrogen-bond donors (Lipinski definition) is 1. The summed E-state index contributed by atoms with van der Waals surface area (Å²) in [5, 5.41) is 0.373. The molecule has 9 nitrogen and oxygen atoms in total.